The number of rotatable bonds is 3. The van der Waals surface area contributed by atoms with E-state index in [1.165, 1.54) is 4.88 Å². The molecule has 0 radical (unpaired) electrons. The van der Waals surface area contributed by atoms with Crippen LogP contribution in [0.15, 0.2) is 6.20 Å². The number of thiazole rings is 1. The molecule has 2 N–H and O–H groups in total. The zero-order valence-electron chi connectivity index (χ0n) is 12.5. The molecule has 1 unspecified atom stereocenters. The number of nitrogens with zero attached hydrogens (tertiary/aromatic N) is 4. The van der Waals surface area contributed by atoms with Crippen molar-refractivity contribution in [1.82, 2.24) is 19.7 Å². The third-order valence-electron chi connectivity index (χ3n) is 4.44. The number of hydrogen-bond acceptors (Lipinski definition) is 6. The number of piperazine rings is 1. The number of carbonyl (C=O) groups is 1. The Morgan fingerprint density at radius 3 is 2.71 bits per heavy atom. The fourth-order valence-corrected chi connectivity index (χ4v) is 3.90. The predicted octanol–water partition coefficient (Wildman–Crippen LogP) is 0.464. The topological polar surface area (TPSA) is 65.7 Å². The van der Waals surface area contributed by atoms with Crippen LogP contribution in [0.3, 0.4) is 0 Å². The van der Waals surface area contributed by atoms with Gasteiger partial charge in [-0.05, 0) is 26.4 Å². The van der Waals surface area contributed by atoms with E-state index < -0.39 is 0 Å². The van der Waals surface area contributed by atoms with E-state index >= 15 is 0 Å². The molecular formula is C14H23N5OS. The van der Waals surface area contributed by atoms with Crippen LogP contribution < -0.4 is 5.73 Å². The highest BCUT2D eigenvalue weighted by atomic mass is 32.1. The maximum Gasteiger partial charge on any atom is 0.240 e. The minimum absolute atomic E-state index is 0.109. The Labute approximate surface area is 129 Å². The Hall–Kier alpha value is -1.18. The van der Waals surface area contributed by atoms with Crippen molar-refractivity contribution in [2.45, 2.75) is 25.4 Å². The van der Waals surface area contributed by atoms with Crippen LogP contribution in [-0.4, -0.2) is 71.4 Å². The van der Waals surface area contributed by atoms with E-state index in [2.05, 4.69) is 21.8 Å². The van der Waals surface area contributed by atoms with Crippen LogP contribution in [0.2, 0.25) is 0 Å². The number of anilines is 1. The van der Waals surface area contributed by atoms with Crippen LogP contribution >= 0.6 is 11.3 Å². The third kappa shape index (κ3) is 3.36. The lowest BCUT2D eigenvalue weighted by Crippen LogP contribution is -2.52. The van der Waals surface area contributed by atoms with E-state index in [1.807, 2.05) is 11.1 Å². The van der Waals surface area contributed by atoms with E-state index in [9.17, 15) is 4.79 Å². The molecule has 1 amide bonds. The van der Waals surface area contributed by atoms with Gasteiger partial charge in [0.2, 0.25) is 5.91 Å². The van der Waals surface area contributed by atoms with Crippen LogP contribution in [0, 0.1) is 0 Å². The summed E-state index contributed by atoms with van der Waals surface area (Å²) >= 11 is 1.55. The largest absolute Gasteiger partial charge is 0.375 e. The highest BCUT2D eigenvalue weighted by Gasteiger charge is 2.32. The summed E-state index contributed by atoms with van der Waals surface area (Å²) in [6.07, 6.45) is 4.00. The first-order chi connectivity index (χ1) is 10.1. The van der Waals surface area contributed by atoms with Crippen molar-refractivity contribution in [2.24, 2.45) is 0 Å². The van der Waals surface area contributed by atoms with Crippen molar-refractivity contribution in [1.29, 1.82) is 0 Å². The Morgan fingerprint density at radius 1 is 1.38 bits per heavy atom. The van der Waals surface area contributed by atoms with Crippen LogP contribution in [-0.2, 0) is 11.3 Å². The molecule has 21 heavy (non-hydrogen) atoms. The van der Waals surface area contributed by atoms with Gasteiger partial charge in [-0.3, -0.25) is 14.6 Å². The van der Waals surface area contributed by atoms with Gasteiger partial charge < -0.3 is 10.6 Å². The molecular weight excluding hydrogens is 286 g/mol. The second kappa shape index (κ2) is 6.29. The fraction of sp³-hybridized carbons (Fsp3) is 0.714. The number of amides is 1. The van der Waals surface area contributed by atoms with Gasteiger partial charge in [0.15, 0.2) is 5.13 Å². The lowest BCUT2D eigenvalue weighted by molar-refractivity contribution is -0.137. The molecule has 3 rings (SSSR count). The molecule has 6 nitrogen and oxygen atoms in total. The number of nitrogen functional groups attached to an aromatic ring is 1. The van der Waals surface area contributed by atoms with E-state index in [-0.39, 0.29) is 6.04 Å². The zero-order valence-corrected chi connectivity index (χ0v) is 13.3. The molecule has 0 bridgehead atoms. The van der Waals surface area contributed by atoms with Gasteiger partial charge >= 0.3 is 0 Å². The summed E-state index contributed by atoms with van der Waals surface area (Å²) < 4.78 is 0. The number of likely N-dealkylation sites (N-methyl/N-ethyl adjacent to an activating group) is 1. The summed E-state index contributed by atoms with van der Waals surface area (Å²) in [6, 6.07) is 0.109. The second-order valence-electron chi connectivity index (χ2n) is 5.90. The summed E-state index contributed by atoms with van der Waals surface area (Å²) in [7, 11) is 2.06. The van der Waals surface area contributed by atoms with E-state index in [4.69, 9.17) is 5.73 Å². The average molecular weight is 309 g/mol. The molecule has 1 aromatic rings. The molecule has 0 aliphatic carbocycles. The molecule has 0 spiro atoms. The van der Waals surface area contributed by atoms with Crippen LogP contribution in [0.5, 0.6) is 0 Å². The Balaban J connectivity index is 1.49. The smallest absolute Gasteiger partial charge is 0.240 e. The Kier molecular flexibility index (Phi) is 4.42. The Morgan fingerprint density at radius 2 is 2.14 bits per heavy atom. The van der Waals surface area contributed by atoms with Gasteiger partial charge in [0.05, 0.1) is 6.04 Å². The number of carbonyl (C=O) groups excluding carboxylic acids is 1. The molecule has 116 valence electrons. The van der Waals surface area contributed by atoms with Crippen molar-refractivity contribution in [2.75, 3.05) is 45.5 Å². The molecule has 0 saturated carbocycles. The maximum absolute atomic E-state index is 12.5. The summed E-state index contributed by atoms with van der Waals surface area (Å²) in [5.41, 5.74) is 5.66. The third-order valence-corrected chi connectivity index (χ3v) is 5.25. The summed E-state index contributed by atoms with van der Waals surface area (Å²) in [5.74, 6) is 0.316. The standard InChI is InChI=1S/C14H23N5OS/c1-17-4-2-3-12(17)13(20)19-7-5-18(6-8-19)10-11-9-16-14(15)21-11/h9,12H,2-8,10H2,1H3,(H2,15,16). The van der Waals surface area contributed by atoms with Crippen LogP contribution in [0.4, 0.5) is 5.13 Å². The van der Waals surface area contributed by atoms with Gasteiger partial charge in [-0.25, -0.2) is 4.98 Å². The summed E-state index contributed by atoms with van der Waals surface area (Å²) in [4.78, 5) is 24.4. The molecule has 2 saturated heterocycles. The van der Waals surface area contributed by atoms with E-state index in [0.717, 1.165) is 52.1 Å². The van der Waals surface area contributed by atoms with Crippen molar-refractivity contribution >= 4 is 22.4 Å². The predicted molar refractivity (Wildman–Crippen MR) is 84.0 cm³/mol. The number of likely N-dealkylation sites (tertiary alicyclic amines) is 1. The monoisotopic (exact) mass is 309 g/mol. The van der Waals surface area contributed by atoms with E-state index in [0.29, 0.717) is 11.0 Å². The van der Waals surface area contributed by atoms with Crippen molar-refractivity contribution in [3.8, 4) is 0 Å². The lowest BCUT2D eigenvalue weighted by atomic mass is 10.1. The highest BCUT2D eigenvalue weighted by molar-refractivity contribution is 7.15. The summed E-state index contributed by atoms with van der Waals surface area (Å²) in [6.45, 7) is 5.46. The summed E-state index contributed by atoms with van der Waals surface area (Å²) in [5, 5.41) is 0.628. The molecule has 0 aromatic carbocycles. The minimum Gasteiger partial charge on any atom is -0.375 e. The first-order valence-electron chi connectivity index (χ1n) is 7.55. The number of hydrogen-bond donors (Lipinski definition) is 1. The molecule has 3 heterocycles. The fourth-order valence-electron chi connectivity index (χ4n) is 3.18. The van der Waals surface area contributed by atoms with Gasteiger partial charge in [-0.2, -0.15) is 0 Å². The maximum atomic E-state index is 12.5. The van der Waals surface area contributed by atoms with Crippen LogP contribution in [0.1, 0.15) is 17.7 Å². The molecule has 2 aliphatic heterocycles. The van der Waals surface area contributed by atoms with Crippen molar-refractivity contribution in [3.05, 3.63) is 11.1 Å². The number of nitrogens with two attached hydrogens (primary N) is 1. The molecule has 2 aliphatic rings. The van der Waals surface area contributed by atoms with Gasteiger partial charge in [-0.15, -0.1) is 11.3 Å². The van der Waals surface area contributed by atoms with E-state index in [1.54, 1.807) is 11.3 Å². The van der Waals surface area contributed by atoms with Crippen LogP contribution in [0.25, 0.3) is 0 Å². The van der Waals surface area contributed by atoms with Crippen molar-refractivity contribution < 1.29 is 4.79 Å². The first-order valence-corrected chi connectivity index (χ1v) is 8.36. The molecule has 7 heteroatoms. The minimum atomic E-state index is 0.109. The first kappa shape index (κ1) is 14.7. The molecule has 1 atom stereocenters. The van der Waals surface area contributed by atoms with Gasteiger partial charge in [0, 0.05) is 43.8 Å². The van der Waals surface area contributed by atoms with Crippen molar-refractivity contribution in [3.63, 3.8) is 0 Å². The van der Waals surface area contributed by atoms with Gasteiger partial charge in [0.1, 0.15) is 0 Å². The lowest BCUT2D eigenvalue weighted by Gasteiger charge is -2.36. The Bertz CT molecular complexity index is 497. The zero-order chi connectivity index (χ0) is 14.8. The van der Waals surface area contributed by atoms with Gasteiger partial charge in [0.25, 0.3) is 0 Å². The molecule has 2 fully saturated rings. The number of aromatic nitrogens is 1. The van der Waals surface area contributed by atoms with Gasteiger partial charge in [-0.1, -0.05) is 0 Å². The second-order valence-corrected chi connectivity index (χ2v) is 7.05. The average Bonchev–Trinajstić information content (AvgIpc) is 3.08. The molecule has 1 aromatic heterocycles. The quantitative estimate of drug-likeness (QED) is 0.879. The SMILES string of the molecule is CN1CCCC1C(=O)N1CCN(Cc2cnc(N)s2)CC1. The highest BCUT2D eigenvalue weighted by Crippen LogP contribution is 2.20. The normalized spacial score (nSPS) is 24.6.